The van der Waals surface area contributed by atoms with E-state index < -0.39 is 23.7 Å². The normalized spacial score (nSPS) is 33.4. The second-order valence-electron chi connectivity index (χ2n) is 3.33. The highest BCUT2D eigenvalue weighted by atomic mass is 16.4. The van der Waals surface area contributed by atoms with Crippen LogP contribution in [0, 0.1) is 0 Å². The number of β-amino-alcohol motifs (C(OH)–C–C–N with tert-alkyl or cyclic N) is 1. The van der Waals surface area contributed by atoms with Crippen molar-refractivity contribution in [3.05, 3.63) is 0 Å². The van der Waals surface area contributed by atoms with Gasteiger partial charge in [-0.05, 0) is 6.92 Å². The van der Waals surface area contributed by atoms with Crippen LogP contribution in [0.4, 0.5) is 4.79 Å². The third-order valence-electron chi connectivity index (χ3n) is 2.31. The molecule has 0 saturated carbocycles. The first kappa shape index (κ1) is 9.79. The van der Waals surface area contributed by atoms with E-state index in [-0.39, 0.29) is 13.0 Å². The molecule has 0 aromatic carbocycles. The molecule has 74 valence electrons. The fraction of sp³-hybridized carbons (Fsp3) is 0.714. The minimum atomic E-state index is -1.49. The van der Waals surface area contributed by atoms with Gasteiger partial charge in [0.25, 0.3) is 0 Å². The van der Waals surface area contributed by atoms with Crippen LogP contribution in [0.25, 0.3) is 0 Å². The number of carboxylic acids is 1. The summed E-state index contributed by atoms with van der Waals surface area (Å²) >= 11 is 0. The average Bonchev–Trinajstić information content (AvgIpc) is 2.27. The smallest absolute Gasteiger partial charge is 0.408 e. The van der Waals surface area contributed by atoms with E-state index in [4.69, 9.17) is 15.3 Å². The number of carbonyl (C=O) groups is 2. The van der Waals surface area contributed by atoms with Crippen LogP contribution in [0.2, 0.25) is 0 Å². The maximum atomic E-state index is 10.8. The maximum Gasteiger partial charge on any atom is 0.408 e. The van der Waals surface area contributed by atoms with Crippen LogP contribution in [0.3, 0.4) is 0 Å². The Hall–Kier alpha value is -1.30. The number of rotatable bonds is 1. The van der Waals surface area contributed by atoms with Crippen LogP contribution >= 0.6 is 0 Å². The zero-order chi connectivity index (χ0) is 10.2. The Kier molecular flexibility index (Phi) is 2.17. The molecule has 1 saturated heterocycles. The summed E-state index contributed by atoms with van der Waals surface area (Å²) in [6.07, 6.45) is -2.27. The van der Waals surface area contributed by atoms with Crippen molar-refractivity contribution in [3.63, 3.8) is 0 Å². The fourth-order valence-corrected chi connectivity index (χ4v) is 1.54. The molecule has 6 heteroatoms. The lowest BCUT2D eigenvalue weighted by Crippen LogP contribution is -2.50. The second kappa shape index (κ2) is 2.88. The highest BCUT2D eigenvalue weighted by Gasteiger charge is 2.49. The van der Waals surface area contributed by atoms with Crippen molar-refractivity contribution in [2.45, 2.75) is 25.0 Å². The predicted molar refractivity (Wildman–Crippen MR) is 41.4 cm³/mol. The first-order valence-electron chi connectivity index (χ1n) is 3.80. The van der Waals surface area contributed by atoms with Gasteiger partial charge >= 0.3 is 12.1 Å². The van der Waals surface area contributed by atoms with E-state index in [2.05, 4.69) is 0 Å². The Morgan fingerprint density at radius 1 is 1.46 bits per heavy atom. The molecule has 1 amide bonds. The largest absolute Gasteiger partial charge is 0.480 e. The highest BCUT2D eigenvalue weighted by molar-refractivity contribution is 5.84. The van der Waals surface area contributed by atoms with Gasteiger partial charge in [-0.2, -0.15) is 0 Å². The Bertz CT molecular complexity index is 253. The van der Waals surface area contributed by atoms with Gasteiger partial charge < -0.3 is 15.3 Å². The quantitative estimate of drug-likeness (QED) is 0.520. The third-order valence-corrected chi connectivity index (χ3v) is 2.31. The van der Waals surface area contributed by atoms with Gasteiger partial charge in [0.05, 0.1) is 12.6 Å². The Balaban J connectivity index is 2.95. The molecule has 0 aliphatic carbocycles. The number of aliphatic carboxylic acids is 1. The topological polar surface area (TPSA) is 98.1 Å². The molecule has 0 aromatic rings. The van der Waals surface area contributed by atoms with Gasteiger partial charge in [0.2, 0.25) is 0 Å². The lowest BCUT2D eigenvalue weighted by Gasteiger charge is -2.27. The van der Waals surface area contributed by atoms with Crippen LogP contribution < -0.4 is 0 Å². The van der Waals surface area contributed by atoms with E-state index in [1.807, 2.05) is 0 Å². The van der Waals surface area contributed by atoms with Gasteiger partial charge in [-0.3, -0.25) is 4.90 Å². The molecule has 2 atom stereocenters. The van der Waals surface area contributed by atoms with E-state index in [0.717, 1.165) is 4.90 Å². The molecule has 1 heterocycles. The number of hydrogen-bond acceptors (Lipinski definition) is 3. The number of nitrogens with zero attached hydrogens (tertiary/aromatic N) is 1. The van der Waals surface area contributed by atoms with Gasteiger partial charge in [0, 0.05) is 6.42 Å². The first-order valence-corrected chi connectivity index (χ1v) is 3.80. The summed E-state index contributed by atoms with van der Waals surface area (Å²) in [5.41, 5.74) is -1.49. The summed E-state index contributed by atoms with van der Waals surface area (Å²) in [5, 5.41) is 26.6. The molecule has 6 nitrogen and oxygen atoms in total. The van der Waals surface area contributed by atoms with Crippen molar-refractivity contribution in [1.82, 2.24) is 4.90 Å². The molecule has 3 N–H and O–H groups in total. The maximum absolute atomic E-state index is 10.8. The van der Waals surface area contributed by atoms with Gasteiger partial charge in [-0.15, -0.1) is 0 Å². The number of amides is 1. The van der Waals surface area contributed by atoms with Crippen LogP contribution in [0.5, 0.6) is 0 Å². The van der Waals surface area contributed by atoms with Crippen molar-refractivity contribution in [2.75, 3.05) is 6.54 Å². The standard InChI is InChI=1S/C7H11NO5/c1-7(5(10)11)2-4(9)3-8(7)6(12)13/h4,9H,2-3H2,1H3,(H,10,11)(H,12,13)/t4-,7?/m1/s1. The number of aliphatic hydroxyl groups is 1. The molecular formula is C7H11NO5. The van der Waals surface area contributed by atoms with Crippen molar-refractivity contribution >= 4 is 12.1 Å². The summed E-state index contributed by atoms with van der Waals surface area (Å²) in [4.78, 5) is 22.1. The van der Waals surface area contributed by atoms with E-state index >= 15 is 0 Å². The van der Waals surface area contributed by atoms with E-state index in [1.165, 1.54) is 6.92 Å². The Morgan fingerprint density at radius 2 is 2.00 bits per heavy atom. The SMILES string of the molecule is CC1(C(=O)O)C[C@@H](O)CN1C(=O)O. The summed E-state index contributed by atoms with van der Waals surface area (Å²) in [7, 11) is 0. The minimum absolute atomic E-state index is 0.0609. The number of aliphatic hydroxyl groups excluding tert-OH is 1. The summed E-state index contributed by atoms with van der Waals surface area (Å²) < 4.78 is 0. The Morgan fingerprint density at radius 3 is 2.31 bits per heavy atom. The van der Waals surface area contributed by atoms with Crippen LogP contribution in [0.1, 0.15) is 13.3 Å². The van der Waals surface area contributed by atoms with E-state index in [9.17, 15) is 9.59 Å². The highest BCUT2D eigenvalue weighted by Crippen LogP contribution is 2.29. The first-order chi connectivity index (χ1) is 5.88. The second-order valence-corrected chi connectivity index (χ2v) is 3.33. The fourth-order valence-electron chi connectivity index (χ4n) is 1.54. The van der Waals surface area contributed by atoms with E-state index in [0.29, 0.717) is 0 Å². The molecule has 1 aliphatic rings. The average molecular weight is 189 g/mol. The van der Waals surface area contributed by atoms with Crippen molar-refractivity contribution < 1.29 is 24.9 Å². The number of carboxylic acid groups (broad SMARTS) is 2. The monoisotopic (exact) mass is 189 g/mol. The van der Waals surface area contributed by atoms with Crippen molar-refractivity contribution in [1.29, 1.82) is 0 Å². The number of likely N-dealkylation sites (tertiary alicyclic amines) is 1. The zero-order valence-electron chi connectivity index (χ0n) is 7.10. The molecule has 1 rings (SSSR count). The molecule has 1 unspecified atom stereocenters. The zero-order valence-corrected chi connectivity index (χ0v) is 7.10. The molecule has 13 heavy (non-hydrogen) atoms. The van der Waals surface area contributed by atoms with Gasteiger partial charge in [-0.25, -0.2) is 9.59 Å². The summed E-state index contributed by atoms with van der Waals surface area (Å²) in [5.74, 6) is -1.23. The van der Waals surface area contributed by atoms with E-state index in [1.54, 1.807) is 0 Å². The van der Waals surface area contributed by atoms with Crippen LogP contribution in [0.15, 0.2) is 0 Å². The Labute approximate surface area is 74.4 Å². The lowest BCUT2D eigenvalue weighted by atomic mass is 9.99. The van der Waals surface area contributed by atoms with Crippen LogP contribution in [-0.4, -0.2) is 50.5 Å². The van der Waals surface area contributed by atoms with Gasteiger partial charge in [0.15, 0.2) is 0 Å². The molecular weight excluding hydrogens is 178 g/mol. The van der Waals surface area contributed by atoms with Gasteiger partial charge in [0.1, 0.15) is 5.54 Å². The molecule has 0 bridgehead atoms. The van der Waals surface area contributed by atoms with Crippen molar-refractivity contribution in [3.8, 4) is 0 Å². The molecule has 0 aromatic heterocycles. The number of hydrogen-bond donors (Lipinski definition) is 3. The molecule has 0 spiro atoms. The van der Waals surface area contributed by atoms with Crippen LogP contribution in [-0.2, 0) is 4.79 Å². The molecule has 1 fully saturated rings. The molecule has 1 aliphatic heterocycles. The summed E-state index contributed by atoms with van der Waals surface area (Å²) in [6, 6.07) is 0. The summed E-state index contributed by atoms with van der Waals surface area (Å²) in [6.45, 7) is 1.15. The molecule has 0 radical (unpaired) electrons. The minimum Gasteiger partial charge on any atom is -0.480 e. The predicted octanol–water partition coefficient (Wildman–Crippen LogP) is -0.426. The third kappa shape index (κ3) is 1.44. The lowest BCUT2D eigenvalue weighted by molar-refractivity contribution is -0.147. The van der Waals surface area contributed by atoms with Gasteiger partial charge in [-0.1, -0.05) is 0 Å². The van der Waals surface area contributed by atoms with Crippen molar-refractivity contribution in [2.24, 2.45) is 0 Å².